The van der Waals surface area contributed by atoms with Gasteiger partial charge in [-0.2, -0.15) is 0 Å². The summed E-state index contributed by atoms with van der Waals surface area (Å²) in [6.07, 6.45) is 2.31. The number of hydrogen-bond acceptors (Lipinski definition) is 0. The maximum Gasteiger partial charge on any atom is -0.00206 e. The van der Waals surface area contributed by atoms with E-state index in [0.717, 1.165) is 12.8 Å². The van der Waals surface area contributed by atoms with Crippen LogP contribution in [0.2, 0.25) is 0 Å². The quantitative estimate of drug-likeness (QED) is 0.181. The van der Waals surface area contributed by atoms with Crippen LogP contribution in [0.15, 0.2) is 158 Å². The SMILES string of the molecule is c1cc(-c2cccc(-c3ccc4c5c(cccc35)CC4)c2)cc(-c2cccc(-c3ccc4ccc5cccc6ccc3c4c56)c2)c1. The van der Waals surface area contributed by atoms with Crippen molar-refractivity contribution in [1.82, 2.24) is 0 Å². The van der Waals surface area contributed by atoms with Crippen LogP contribution in [0.1, 0.15) is 11.1 Å². The molecule has 9 aromatic carbocycles. The highest BCUT2D eigenvalue weighted by Crippen LogP contribution is 2.41. The monoisotopic (exact) mass is 582 g/mol. The zero-order valence-electron chi connectivity index (χ0n) is 25.4. The van der Waals surface area contributed by atoms with Gasteiger partial charge in [0.15, 0.2) is 0 Å². The highest BCUT2D eigenvalue weighted by atomic mass is 14.2. The summed E-state index contributed by atoms with van der Waals surface area (Å²) in [5, 5.41) is 10.8. The predicted molar refractivity (Wildman–Crippen MR) is 197 cm³/mol. The molecule has 1 aliphatic carbocycles. The Morgan fingerprint density at radius 1 is 0.283 bits per heavy atom. The van der Waals surface area contributed by atoms with Crippen LogP contribution in [0.4, 0.5) is 0 Å². The number of hydrogen-bond donors (Lipinski definition) is 0. The molecule has 0 N–H and O–H groups in total. The van der Waals surface area contributed by atoms with Gasteiger partial charge in [0.1, 0.15) is 0 Å². The third kappa shape index (κ3) is 3.87. The smallest absolute Gasteiger partial charge is 0.00206 e. The maximum atomic E-state index is 2.36. The highest BCUT2D eigenvalue weighted by Gasteiger charge is 2.17. The first-order valence-corrected chi connectivity index (χ1v) is 16.3. The van der Waals surface area contributed by atoms with E-state index in [9.17, 15) is 0 Å². The van der Waals surface area contributed by atoms with Crippen molar-refractivity contribution in [3.05, 3.63) is 169 Å². The highest BCUT2D eigenvalue weighted by molar-refractivity contribution is 6.25. The lowest BCUT2D eigenvalue weighted by Gasteiger charge is -2.15. The van der Waals surface area contributed by atoms with Gasteiger partial charge in [0.25, 0.3) is 0 Å². The summed E-state index contributed by atoms with van der Waals surface area (Å²) in [5.74, 6) is 0. The van der Waals surface area contributed by atoms with Gasteiger partial charge in [0.05, 0.1) is 0 Å². The van der Waals surface area contributed by atoms with E-state index >= 15 is 0 Å². The molecule has 0 saturated heterocycles. The first-order chi connectivity index (χ1) is 22.8. The second-order valence-corrected chi connectivity index (χ2v) is 12.8. The molecule has 0 heteroatoms. The van der Waals surface area contributed by atoms with Gasteiger partial charge in [-0.1, -0.05) is 140 Å². The molecule has 0 saturated carbocycles. The molecule has 0 amide bonds. The van der Waals surface area contributed by atoms with Gasteiger partial charge >= 0.3 is 0 Å². The molecule has 0 radical (unpaired) electrons. The number of rotatable bonds is 4. The molecule has 9 aromatic rings. The van der Waals surface area contributed by atoms with Crippen LogP contribution in [0.25, 0.3) is 87.6 Å². The first kappa shape index (κ1) is 25.6. The minimum Gasteiger partial charge on any atom is -0.0613 e. The Kier molecular flexibility index (Phi) is 5.50. The molecule has 0 heterocycles. The normalized spacial score (nSPS) is 12.6. The molecule has 0 spiro atoms. The van der Waals surface area contributed by atoms with Crippen LogP contribution < -0.4 is 0 Å². The summed E-state index contributed by atoms with van der Waals surface area (Å²) < 4.78 is 0. The largest absolute Gasteiger partial charge is 0.0613 e. The van der Waals surface area contributed by atoms with Gasteiger partial charge < -0.3 is 0 Å². The van der Waals surface area contributed by atoms with Crippen molar-refractivity contribution in [2.24, 2.45) is 0 Å². The van der Waals surface area contributed by atoms with E-state index in [4.69, 9.17) is 0 Å². The van der Waals surface area contributed by atoms with Crippen molar-refractivity contribution in [2.75, 3.05) is 0 Å². The molecule has 0 aromatic heterocycles. The summed E-state index contributed by atoms with van der Waals surface area (Å²) in [6, 6.07) is 58.9. The fraction of sp³-hybridized carbons (Fsp3) is 0.0435. The maximum absolute atomic E-state index is 2.36. The summed E-state index contributed by atoms with van der Waals surface area (Å²) in [4.78, 5) is 0. The Hall–Kier alpha value is -5.72. The molecule has 0 atom stereocenters. The van der Waals surface area contributed by atoms with Gasteiger partial charge in [-0.05, 0) is 130 Å². The Balaban J connectivity index is 1.05. The minimum atomic E-state index is 1.15. The summed E-state index contributed by atoms with van der Waals surface area (Å²) in [6.45, 7) is 0. The molecule has 0 fully saturated rings. The molecule has 214 valence electrons. The summed E-state index contributed by atoms with van der Waals surface area (Å²) in [7, 11) is 0. The van der Waals surface area contributed by atoms with Gasteiger partial charge in [-0.3, -0.25) is 0 Å². The van der Waals surface area contributed by atoms with Crippen LogP contribution in [-0.2, 0) is 12.8 Å². The molecule has 0 aliphatic heterocycles. The van der Waals surface area contributed by atoms with Crippen LogP contribution in [0, 0.1) is 0 Å². The molecular formula is C46H30. The third-order valence-corrected chi connectivity index (χ3v) is 10.3. The van der Waals surface area contributed by atoms with Crippen LogP contribution in [0.5, 0.6) is 0 Å². The molecule has 10 rings (SSSR count). The van der Waals surface area contributed by atoms with Gasteiger partial charge in [-0.15, -0.1) is 0 Å². The van der Waals surface area contributed by atoms with Crippen molar-refractivity contribution in [2.45, 2.75) is 12.8 Å². The molecule has 0 unspecified atom stereocenters. The van der Waals surface area contributed by atoms with Gasteiger partial charge in [-0.25, -0.2) is 0 Å². The Labute approximate surface area is 268 Å². The average Bonchev–Trinajstić information content (AvgIpc) is 3.55. The fourth-order valence-corrected chi connectivity index (χ4v) is 8.10. The fourth-order valence-electron chi connectivity index (χ4n) is 8.10. The summed E-state index contributed by atoms with van der Waals surface area (Å²) >= 11 is 0. The topological polar surface area (TPSA) is 0 Å². The van der Waals surface area contributed by atoms with Gasteiger partial charge in [0.2, 0.25) is 0 Å². The molecular weight excluding hydrogens is 553 g/mol. The van der Waals surface area contributed by atoms with E-state index in [1.54, 1.807) is 0 Å². The zero-order valence-corrected chi connectivity index (χ0v) is 25.4. The van der Waals surface area contributed by atoms with E-state index in [1.165, 1.54) is 98.7 Å². The number of aryl methyl sites for hydroxylation is 2. The average molecular weight is 583 g/mol. The van der Waals surface area contributed by atoms with E-state index < -0.39 is 0 Å². The minimum absolute atomic E-state index is 1.15. The molecule has 0 bridgehead atoms. The van der Waals surface area contributed by atoms with Crippen LogP contribution in [-0.4, -0.2) is 0 Å². The van der Waals surface area contributed by atoms with E-state index in [1.807, 2.05) is 0 Å². The van der Waals surface area contributed by atoms with Crippen LogP contribution in [0.3, 0.4) is 0 Å². The first-order valence-electron chi connectivity index (χ1n) is 16.3. The Morgan fingerprint density at radius 2 is 0.717 bits per heavy atom. The molecule has 46 heavy (non-hydrogen) atoms. The van der Waals surface area contributed by atoms with Crippen molar-refractivity contribution in [3.63, 3.8) is 0 Å². The van der Waals surface area contributed by atoms with E-state index in [2.05, 4.69) is 158 Å². The van der Waals surface area contributed by atoms with Crippen LogP contribution >= 0.6 is 0 Å². The van der Waals surface area contributed by atoms with E-state index in [0.29, 0.717) is 0 Å². The Bertz CT molecular complexity index is 2610. The van der Waals surface area contributed by atoms with Crippen molar-refractivity contribution in [1.29, 1.82) is 0 Å². The van der Waals surface area contributed by atoms with Gasteiger partial charge in [0, 0.05) is 0 Å². The standard InChI is InChI=1S/C46H30/c1-6-30-17-19-33-21-24-41(43-25-22-31(7-1)45(30)46(33)43)39-14-4-12-37(28-39)35-10-2-9-34(26-35)36-11-3-13-38(27-36)40-23-20-32-18-16-29-8-5-15-42(40)44(29)32/h1-15,17,19-28H,16,18H2. The van der Waals surface area contributed by atoms with E-state index in [-0.39, 0.29) is 0 Å². The van der Waals surface area contributed by atoms with Crippen molar-refractivity contribution < 1.29 is 0 Å². The zero-order chi connectivity index (χ0) is 30.2. The number of benzene rings is 9. The lowest BCUT2D eigenvalue weighted by Crippen LogP contribution is -1.88. The third-order valence-electron chi connectivity index (χ3n) is 10.3. The lowest BCUT2D eigenvalue weighted by molar-refractivity contribution is 1.02. The van der Waals surface area contributed by atoms with Crippen molar-refractivity contribution in [3.8, 4) is 44.5 Å². The lowest BCUT2D eigenvalue weighted by atomic mass is 9.89. The second-order valence-electron chi connectivity index (χ2n) is 12.8. The molecule has 1 aliphatic rings. The Morgan fingerprint density at radius 3 is 1.37 bits per heavy atom. The van der Waals surface area contributed by atoms with Crippen molar-refractivity contribution >= 4 is 43.1 Å². The predicted octanol–water partition coefficient (Wildman–Crippen LogP) is 12.5. The molecule has 0 nitrogen and oxygen atoms in total. The summed E-state index contributed by atoms with van der Waals surface area (Å²) in [5.41, 5.74) is 13.0. The second kappa shape index (κ2) is 9.89.